The van der Waals surface area contributed by atoms with Crippen molar-refractivity contribution in [1.29, 1.82) is 0 Å². The van der Waals surface area contributed by atoms with Crippen molar-refractivity contribution in [3.8, 4) is 5.75 Å². The van der Waals surface area contributed by atoms with E-state index >= 15 is 0 Å². The van der Waals surface area contributed by atoms with Crippen LogP contribution in [0.5, 0.6) is 5.75 Å². The molecule has 2 amide bonds. The molecule has 0 aliphatic carbocycles. The molecule has 0 atom stereocenters. The summed E-state index contributed by atoms with van der Waals surface area (Å²) in [7, 11) is -2.17. The third kappa shape index (κ3) is 5.46. The summed E-state index contributed by atoms with van der Waals surface area (Å²) < 4.78 is 35.0. The summed E-state index contributed by atoms with van der Waals surface area (Å²) in [4.78, 5) is 25.0. The van der Waals surface area contributed by atoms with Gasteiger partial charge in [-0.3, -0.25) is 14.3 Å². The van der Waals surface area contributed by atoms with E-state index in [9.17, 15) is 18.0 Å². The van der Waals surface area contributed by atoms with Crippen LogP contribution in [0.2, 0.25) is 0 Å². The summed E-state index contributed by atoms with van der Waals surface area (Å²) >= 11 is 0. The van der Waals surface area contributed by atoms with Gasteiger partial charge in [-0.25, -0.2) is 8.42 Å². The maximum Gasteiger partial charge on any atom is 0.255 e. The molecule has 1 aliphatic heterocycles. The molecule has 0 fully saturated rings. The minimum Gasteiger partial charge on any atom is -0.491 e. The molecule has 32 heavy (non-hydrogen) atoms. The fraction of sp³-hybridized carbons (Fsp3) is 0.476. The third-order valence-electron chi connectivity index (χ3n) is 5.33. The van der Waals surface area contributed by atoms with Crippen molar-refractivity contribution in [2.75, 3.05) is 32.8 Å². The summed E-state index contributed by atoms with van der Waals surface area (Å²) in [5, 5.41) is 9.58. The van der Waals surface area contributed by atoms with Crippen LogP contribution in [-0.4, -0.2) is 67.1 Å². The monoisotopic (exact) mass is 463 g/mol. The molecule has 0 radical (unpaired) electrons. The van der Waals surface area contributed by atoms with E-state index in [0.29, 0.717) is 23.4 Å². The number of rotatable bonds is 2. The Morgan fingerprint density at radius 3 is 2.59 bits per heavy atom. The van der Waals surface area contributed by atoms with Gasteiger partial charge in [0.2, 0.25) is 15.9 Å². The Kier molecular flexibility index (Phi) is 7.52. The minimum absolute atomic E-state index is 0.0615. The molecule has 2 N–H and O–H groups in total. The van der Waals surface area contributed by atoms with Crippen molar-refractivity contribution in [3.63, 3.8) is 0 Å². The average molecular weight is 464 g/mol. The fourth-order valence-corrected chi connectivity index (χ4v) is 5.08. The lowest BCUT2D eigenvalue weighted by Gasteiger charge is -2.22. The van der Waals surface area contributed by atoms with Crippen molar-refractivity contribution in [2.24, 2.45) is 7.05 Å². The predicted octanol–water partition coefficient (Wildman–Crippen LogP) is 0.746. The first-order valence-corrected chi connectivity index (χ1v) is 11.9. The molecule has 0 bridgehead atoms. The van der Waals surface area contributed by atoms with Crippen LogP contribution in [0.15, 0.2) is 29.3 Å². The summed E-state index contributed by atoms with van der Waals surface area (Å²) in [6, 6.07) is 5.27. The van der Waals surface area contributed by atoms with Crippen LogP contribution in [0.1, 0.15) is 34.5 Å². The lowest BCUT2D eigenvalue weighted by molar-refractivity contribution is -0.121. The summed E-state index contributed by atoms with van der Waals surface area (Å²) in [6.45, 7) is 4.37. The van der Waals surface area contributed by atoms with Crippen molar-refractivity contribution < 1.29 is 22.7 Å². The molecular weight excluding hydrogens is 434 g/mol. The van der Waals surface area contributed by atoms with Gasteiger partial charge in [0.25, 0.3) is 5.91 Å². The SMILES string of the molecule is Cc1ccc2c(c1)C(=O)NCCN(S(=O)(=O)c1cnn(C)c1C)CCCC(=O)NCCO2. The first-order valence-electron chi connectivity index (χ1n) is 10.5. The Morgan fingerprint density at radius 1 is 1.09 bits per heavy atom. The van der Waals surface area contributed by atoms with Crippen LogP contribution in [0.3, 0.4) is 0 Å². The van der Waals surface area contributed by atoms with E-state index in [1.165, 1.54) is 15.2 Å². The summed E-state index contributed by atoms with van der Waals surface area (Å²) in [6.07, 6.45) is 1.85. The number of carbonyl (C=O) groups is 2. The Balaban J connectivity index is 1.85. The maximum absolute atomic E-state index is 13.3. The highest BCUT2D eigenvalue weighted by atomic mass is 32.2. The number of nitrogens with one attached hydrogen (secondary N) is 2. The van der Waals surface area contributed by atoms with E-state index in [2.05, 4.69) is 15.7 Å². The van der Waals surface area contributed by atoms with Gasteiger partial charge in [0.1, 0.15) is 17.3 Å². The minimum atomic E-state index is -3.84. The molecule has 0 unspecified atom stereocenters. The van der Waals surface area contributed by atoms with E-state index < -0.39 is 10.0 Å². The Morgan fingerprint density at radius 2 is 1.88 bits per heavy atom. The van der Waals surface area contributed by atoms with Crippen LogP contribution in [0.25, 0.3) is 0 Å². The number of carbonyl (C=O) groups excluding carboxylic acids is 2. The number of hydrogen-bond acceptors (Lipinski definition) is 6. The second kappa shape index (κ2) is 10.1. The largest absolute Gasteiger partial charge is 0.491 e. The Hall–Kier alpha value is -2.92. The fourth-order valence-electron chi connectivity index (χ4n) is 3.42. The molecule has 1 aromatic carbocycles. The second-order valence-electron chi connectivity index (χ2n) is 7.68. The molecule has 174 valence electrons. The van der Waals surface area contributed by atoms with Gasteiger partial charge < -0.3 is 15.4 Å². The Labute approximate surface area is 188 Å². The molecule has 1 aliphatic rings. The number of amides is 2. The first kappa shape index (κ1) is 23.7. The van der Waals surface area contributed by atoms with Crippen molar-refractivity contribution in [3.05, 3.63) is 41.2 Å². The van der Waals surface area contributed by atoms with E-state index in [1.54, 1.807) is 26.1 Å². The van der Waals surface area contributed by atoms with Crippen molar-refractivity contribution >= 4 is 21.8 Å². The number of aryl methyl sites for hydroxylation is 2. The van der Waals surface area contributed by atoms with Gasteiger partial charge in [-0.1, -0.05) is 11.6 Å². The normalized spacial score (nSPS) is 17.3. The molecular formula is C21H29N5O5S. The number of hydrogen-bond donors (Lipinski definition) is 2. The topological polar surface area (TPSA) is 123 Å². The number of fused-ring (bicyclic) bond motifs is 1. The zero-order valence-corrected chi connectivity index (χ0v) is 19.4. The molecule has 1 aromatic heterocycles. The molecule has 2 heterocycles. The molecule has 2 aromatic rings. The van der Waals surface area contributed by atoms with E-state index in [0.717, 1.165) is 5.56 Å². The lowest BCUT2D eigenvalue weighted by atomic mass is 10.1. The smallest absolute Gasteiger partial charge is 0.255 e. The lowest BCUT2D eigenvalue weighted by Crippen LogP contribution is -2.39. The standard InChI is InChI=1S/C21H29N5O5S/c1-15-6-7-18-17(13-15)21(28)23-8-11-26(10-4-5-20(27)22-9-12-31-18)32(29,30)19-14-24-25(3)16(19)2/h6-7,13-14H,4-5,8-12H2,1-3H3,(H,22,27)(H,23,28). The average Bonchev–Trinajstić information content (AvgIpc) is 3.09. The maximum atomic E-state index is 13.3. The zero-order valence-electron chi connectivity index (χ0n) is 18.6. The van der Waals surface area contributed by atoms with Gasteiger partial charge in [0, 0.05) is 33.1 Å². The predicted molar refractivity (Wildman–Crippen MR) is 118 cm³/mol. The van der Waals surface area contributed by atoms with Crippen LogP contribution >= 0.6 is 0 Å². The van der Waals surface area contributed by atoms with Crippen LogP contribution in [0, 0.1) is 13.8 Å². The number of ether oxygens (including phenoxy) is 1. The molecule has 11 heteroatoms. The van der Waals surface area contributed by atoms with Gasteiger partial charge in [0.05, 0.1) is 24.0 Å². The molecule has 0 saturated heterocycles. The van der Waals surface area contributed by atoms with Crippen LogP contribution in [-0.2, 0) is 21.9 Å². The summed E-state index contributed by atoms with van der Waals surface area (Å²) in [5.41, 5.74) is 1.78. The highest BCUT2D eigenvalue weighted by Crippen LogP contribution is 2.21. The van der Waals surface area contributed by atoms with Crippen molar-refractivity contribution in [1.82, 2.24) is 24.7 Å². The highest BCUT2D eigenvalue weighted by Gasteiger charge is 2.28. The van der Waals surface area contributed by atoms with Gasteiger partial charge in [-0.05, 0) is 32.4 Å². The number of sulfonamides is 1. The highest BCUT2D eigenvalue weighted by molar-refractivity contribution is 7.89. The van der Waals surface area contributed by atoms with E-state index in [-0.39, 0.29) is 55.9 Å². The zero-order chi connectivity index (χ0) is 23.3. The number of benzene rings is 1. The van der Waals surface area contributed by atoms with Gasteiger partial charge in [-0.15, -0.1) is 0 Å². The molecule has 10 nitrogen and oxygen atoms in total. The van der Waals surface area contributed by atoms with Gasteiger partial charge in [-0.2, -0.15) is 9.40 Å². The quantitative estimate of drug-likeness (QED) is 0.678. The summed E-state index contributed by atoms with van der Waals surface area (Å²) in [5.74, 6) is -0.123. The van der Waals surface area contributed by atoms with Crippen molar-refractivity contribution in [2.45, 2.75) is 31.6 Å². The van der Waals surface area contributed by atoms with Crippen LogP contribution < -0.4 is 15.4 Å². The molecule has 0 spiro atoms. The Bertz CT molecular complexity index is 1100. The van der Waals surface area contributed by atoms with Crippen LogP contribution in [0.4, 0.5) is 0 Å². The number of nitrogens with zero attached hydrogens (tertiary/aromatic N) is 3. The van der Waals surface area contributed by atoms with E-state index in [1.807, 2.05) is 13.0 Å². The third-order valence-corrected chi connectivity index (χ3v) is 7.33. The second-order valence-corrected chi connectivity index (χ2v) is 9.59. The molecule has 0 saturated carbocycles. The number of aromatic nitrogens is 2. The van der Waals surface area contributed by atoms with Gasteiger partial charge >= 0.3 is 0 Å². The molecule has 3 rings (SSSR count). The van der Waals surface area contributed by atoms with Gasteiger partial charge in [0.15, 0.2) is 0 Å². The first-order chi connectivity index (χ1) is 15.2. The van der Waals surface area contributed by atoms with E-state index in [4.69, 9.17) is 4.74 Å².